The van der Waals surface area contributed by atoms with E-state index in [0.29, 0.717) is 23.2 Å². The van der Waals surface area contributed by atoms with Gasteiger partial charge < -0.3 is 19.7 Å². The summed E-state index contributed by atoms with van der Waals surface area (Å²) >= 11 is 0.891. The van der Waals surface area contributed by atoms with Crippen LogP contribution in [0.4, 0.5) is 10.9 Å². The van der Waals surface area contributed by atoms with Crippen molar-refractivity contribution in [3.63, 3.8) is 0 Å². The first kappa shape index (κ1) is 22.3. The highest BCUT2D eigenvalue weighted by molar-refractivity contribution is 7.17. The number of aromatic carboxylic acids is 1. The molecule has 33 heavy (non-hydrogen) atoms. The molecule has 3 aromatic heterocycles. The van der Waals surface area contributed by atoms with Crippen LogP contribution < -0.4 is 10.6 Å². The van der Waals surface area contributed by atoms with E-state index < -0.39 is 18.0 Å². The van der Waals surface area contributed by atoms with Crippen molar-refractivity contribution in [2.75, 3.05) is 24.3 Å². The van der Waals surface area contributed by atoms with Crippen LogP contribution in [0.1, 0.15) is 21.3 Å². The summed E-state index contributed by atoms with van der Waals surface area (Å²) < 4.78 is 10.4. The Morgan fingerprint density at radius 3 is 2.73 bits per heavy atom. The summed E-state index contributed by atoms with van der Waals surface area (Å²) in [6.45, 7) is 3.41. The van der Waals surface area contributed by atoms with Crippen LogP contribution in [0.5, 0.6) is 0 Å². The van der Waals surface area contributed by atoms with Gasteiger partial charge in [-0.1, -0.05) is 28.6 Å². The maximum Gasteiger partial charge on any atom is 0.347 e. The van der Waals surface area contributed by atoms with Crippen LogP contribution in [-0.2, 0) is 9.53 Å². The van der Waals surface area contributed by atoms with E-state index in [1.54, 1.807) is 20.0 Å². The number of nitrogens with zero attached hydrogens (tertiary/aromatic N) is 4. The predicted octanol–water partition coefficient (Wildman–Crippen LogP) is 3.12. The number of hydrogen-bond donors (Lipinski definition) is 3. The van der Waals surface area contributed by atoms with Crippen LogP contribution in [0.3, 0.4) is 0 Å². The Balaban J connectivity index is 1.50. The van der Waals surface area contributed by atoms with Crippen LogP contribution in [0.2, 0.25) is 0 Å². The molecule has 1 atom stereocenters. The van der Waals surface area contributed by atoms with Gasteiger partial charge in [0.25, 0.3) is 5.91 Å². The van der Waals surface area contributed by atoms with Gasteiger partial charge in [0, 0.05) is 31.2 Å². The first-order chi connectivity index (χ1) is 15.9. The lowest BCUT2D eigenvalue weighted by Crippen LogP contribution is -2.35. The largest absolute Gasteiger partial charge is 0.477 e. The van der Waals surface area contributed by atoms with Crippen molar-refractivity contribution in [3.8, 4) is 11.4 Å². The second-order valence-electron chi connectivity index (χ2n) is 7.07. The highest BCUT2D eigenvalue weighted by atomic mass is 32.1. The lowest BCUT2D eigenvalue weighted by molar-refractivity contribution is -0.124. The highest BCUT2D eigenvalue weighted by Gasteiger charge is 2.22. The van der Waals surface area contributed by atoms with E-state index in [9.17, 15) is 9.59 Å². The molecule has 11 nitrogen and oxygen atoms in total. The first-order valence-electron chi connectivity index (χ1n) is 9.83. The molecule has 0 bridgehead atoms. The quantitative estimate of drug-likeness (QED) is 0.351. The second-order valence-corrected chi connectivity index (χ2v) is 8.06. The normalized spacial score (nSPS) is 12.0. The summed E-state index contributed by atoms with van der Waals surface area (Å²) in [4.78, 5) is 36.7. The number of aryl methyl sites for hydroxylation is 2. The summed E-state index contributed by atoms with van der Waals surface area (Å²) in [5.41, 5.74) is 1.10. The summed E-state index contributed by atoms with van der Waals surface area (Å²) in [6.07, 6.45) is 0.791. The number of nitrogens with one attached hydrogen (secondary N) is 2. The van der Waals surface area contributed by atoms with Crippen molar-refractivity contribution in [2.45, 2.75) is 20.0 Å². The van der Waals surface area contributed by atoms with Gasteiger partial charge in [0.05, 0.1) is 12.2 Å². The monoisotopic (exact) mass is 468 g/mol. The van der Waals surface area contributed by atoms with Crippen LogP contribution in [0.15, 0.2) is 35.0 Å². The summed E-state index contributed by atoms with van der Waals surface area (Å²) in [5.74, 6) is -0.0540. The molecular formula is C21H20N6O5S. The Bertz CT molecular complexity index is 1330. The molecule has 0 radical (unpaired) electrons. The summed E-state index contributed by atoms with van der Waals surface area (Å²) in [5, 5.41) is 20.8. The molecule has 0 unspecified atom stereocenters. The van der Waals surface area contributed by atoms with E-state index in [4.69, 9.17) is 14.4 Å². The number of amides is 1. The van der Waals surface area contributed by atoms with E-state index in [1.165, 1.54) is 7.11 Å². The number of methoxy groups -OCH3 is 1. The fourth-order valence-electron chi connectivity index (χ4n) is 3.17. The van der Waals surface area contributed by atoms with Gasteiger partial charge in [-0.15, -0.1) is 0 Å². The Kier molecular flexibility index (Phi) is 6.29. The molecule has 1 aromatic carbocycles. The van der Waals surface area contributed by atoms with Crippen LogP contribution in [0.25, 0.3) is 22.2 Å². The molecule has 3 N–H and O–H groups in total. The third kappa shape index (κ3) is 4.81. The molecular weight excluding hydrogens is 448 g/mol. The molecule has 0 fully saturated rings. The number of carbonyl (C=O) groups is 2. The van der Waals surface area contributed by atoms with Crippen molar-refractivity contribution in [1.29, 1.82) is 0 Å². The van der Waals surface area contributed by atoms with Crippen molar-refractivity contribution < 1.29 is 24.0 Å². The number of carboxylic acids is 1. The van der Waals surface area contributed by atoms with Crippen molar-refractivity contribution in [3.05, 3.63) is 46.9 Å². The van der Waals surface area contributed by atoms with Gasteiger partial charge in [-0.25, -0.2) is 14.8 Å². The minimum absolute atomic E-state index is 0.0740. The van der Waals surface area contributed by atoms with Crippen LogP contribution in [-0.4, -0.2) is 56.9 Å². The summed E-state index contributed by atoms with van der Waals surface area (Å²) in [7, 11) is 1.41. The van der Waals surface area contributed by atoms with Gasteiger partial charge in [-0.05, 0) is 24.4 Å². The Hall–Kier alpha value is -3.90. The average molecular weight is 468 g/mol. The first-order valence-corrected chi connectivity index (χ1v) is 10.6. The average Bonchev–Trinajstić information content (AvgIpc) is 3.39. The van der Waals surface area contributed by atoms with Gasteiger partial charge in [0.2, 0.25) is 11.7 Å². The molecule has 1 amide bonds. The van der Waals surface area contributed by atoms with Crippen molar-refractivity contribution >= 4 is 44.9 Å². The predicted molar refractivity (Wildman–Crippen MR) is 121 cm³/mol. The van der Waals surface area contributed by atoms with E-state index in [-0.39, 0.29) is 16.6 Å². The van der Waals surface area contributed by atoms with Crippen molar-refractivity contribution in [2.24, 2.45) is 0 Å². The minimum Gasteiger partial charge on any atom is -0.477 e. The number of hydrogen-bond acceptors (Lipinski definition) is 10. The number of rotatable bonds is 8. The zero-order valence-electron chi connectivity index (χ0n) is 17.9. The van der Waals surface area contributed by atoms with E-state index in [1.807, 2.05) is 24.3 Å². The smallest absolute Gasteiger partial charge is 0.347 e. The molecule has 0 saturated carbocycles. The number of fused-ring (bicyclic) bond motifs is 1. The van der Waals surface area contributed by atoms with Crippen LogP contribution in [0, 0.1) is 13.8 Å². The third-order valence-electron chi connectivity index (χ3n) is 4.80. The van der Waals surface area contributed by atoms with E-state index in [2.05, 4.69) is 30.7 Å². The minimum atomic E-state index is -1.09. The number of carbonyl (C=O) groups excluding carboxylic acids is 1. The molecule has 0 aliphatic carbocycles. The lowest BCUT2D eigenvalue weighted by Gasteiger charge is -2.16. The molecule has 0 spiro atoms. The Morgan fingerprint density at radius 2 is 2.06 bits per heavy atom. The molecule has 12 heteroatoms. The maximum atomic E-state index is 12.7. The van der Waals surface area contributed by atoms with E-state index in [0.717, 1.165) is 27.7 Å². The van der Waals surface area contributed by atoms with Gasteiger partial charge >= 0.3 is 5.97 Å². The molecule has 4 rings (SSSR count). The number of ether oxygens (including phenoxy) is 1. The molecule has 170 valence electrons. The number of pyridine rings is 1. The zero-order chi connectivity index (χ0) is 23.5. The second kappa shape index (κ2) is 9.30. The van der Waals surface area contributed by atoms with Gasteiger partial charge in [0.15, 0.2) is 11.2 Å². The number of aromatic nitrogens is 4. The fourth-order valence-corrected chi connectivity index (χ4v) is 3.98. The van der Waals surface area contributed by atoms with Crippen molar-refractivity contribution in [1.82, 2.24) is 20.1 Å². The van der Waals surface area contributed by atoms with Crippen LogP contribution >= 0.6 is 11.3 Å². The van der Waals surface area contributed by atoms with Gasteiger partial charge in [-0.3, -0.25) is 10.1 Å². The molecule has 4 aromatic rings. The Labute approximate surface area is 191 Å². The molecule has 0 saturated heterocycles. The molecule has 0 aliphatic heterocycles. The fraction of sp³-hybridized carbons (Fsp3) is 0.238. The number of anilines is 2. The summed E-state index contributed by atoms with van der Waals surface area (Å²) in [6, 6.07) is 7.58. The Morgan fingerprint density at radius 1 is 1.24 bits per heavy atom. The molecule has 3 heterocycles. The maximum absolute atomic E-state index is 12.7. The number of carboxylic acid groups (broad SMARTS) is 1. The van der Waals surface area contributed by atoms with Gasteiger partial charge in [-0.2, -0.15) is 4.98 Å². The zero-order valence-corrected chi connectivity index (χ0v) is 18.8. The lowest BCUT2D eigenvalue weighted by atomic mass is 10.1. The molecule has 0 aliphatic rings. The number of thiazole rings is 1. The topological polar surface area (TPSA) is 152 Å². The highest BCUT2D eigenvalue weighted by Crippen LogP contribution is 2.27. The number of benzene rings is 1. The third-order valence-corrected chi connectivity index (χ3v) is 5.87. The standard InChI is InChI=1S/C21H20N6O5S/c1-10-16(20(29)30)33-21(24-10)26-19(28)15(31-3)9-23-18-14-8-13(17-25-11(2)32-27-17)5-4-12(14)6-7-22-18/h4-8,15H,9H2,1-3H3,(H,22,23)(H,29,30)(H,24,26,28)/t15-/m0/s1. The SMILES string of the molecule is CO[C@@H](CNc1nccc2ccc(-c3noc(C)n3)cc12)C(=O)Nc1nc(C)c(C(=O)O)s1. The van der Waals surface area contributed by atoms with E-state index >= 15 is 0 Å². The van der Waals surface area contributed by atoms with Gasteiger partial charge in [0.1, 0.15) is 10.7 Å².